The van der Waals surface area contributed by atoms with Crippen molar-refractivity contribution in [2.24, 2.45) is 5.73 Å². The lowest BCUT2D eigenvalue weighted by Gasteiger charge is -2.26. The van der Waals surface area contributed by atoms with Crippen molar-refractivity contribution in [1.82, 2.24) is 0 Å². The summed E-state index contributed by atoms with van der Waals surface area (Å²) < 4.78 is 30.8. The Morgan fingerprint density at radius 3 is 2.69 bits per heavy atom. The lowest BCUT2D eigenvalue weighted by Crippen LogP contribution is -2.30. The molecule has 1 aromatic carbocycles. The molecule has 2 saturated heterocycles. The molecule has 0 spiro atoms. The summed E-state index contributed by atoms with van der Waals surface area (Å²) in [7, 11) is 0. The van der Waals surface area contributed by atoms with Gasteiger partial charge in [-0.25, -0.2) is 9.18 Å². The number of hydrogen-bond donors (Lipinski definition) is 1. The van der Waals surface area contributed by atoms with E-state index in [1.807, 2.05) is 4.90 Å². The van der Waals surface area contributed by atoms with Crippen LogP contribution in [0.5, 0.6) is 0 Å². The highest BCUT2D eigenvalue weighted by Crippen LogP contribution is 2.28. The van der Waals surface area contributed by atoms with Crippen molar-refractivity contribution >= 4 is 17.5 Å². The Morgan fingerprint density at radius 2 is 2.08 bits per heavy atom. The molecule has 8 heteroatoms. The number of nitrogens with two attached hydrogens (primary N) is 1. The van der Waals surface area contributed by atoms with Gasteiger partial charge in [0.25, 0.3) is 0 Å². The van der Waals surface area contributed by atoms with Crippen molar-refractivity contribution in [3.63, 3.8) is 0 Å². The SMILES string of the molecule is CCCN(CCC1OCCO1)c1ccc(N2CC(CN)OC2=O)cc1F. The standard InChI is InChI=1S/C18H26FN3O4/c1-2-6-21(7-5-17-24-8-9-25-17)16-4-3-13(10-15(16)19)22-12-14(11-20)26-18(22)23/h3-4,10,14,17H,2,5-9,11-12,20H2,1H3. The van der Waals surface area contributed by atoms with Gasteiger partial charge < -0.3 is 24.8 Å². The topological polar surface area (TPSA) is 77.3 Å². The number of hydrogen-bond acceptors (Lipinski definition) is 6. The van der Waals surface area contributed by atoms with Crippen LogP contribution in [0.3, 0.4) is 0 Å². The van der Waals surface area contributed by atoms with E-state index in [-0.39, 0.29) is 24.8 Å². The van der Waals surface area contributed by atoms with E-state index >= 15 is 0 Å². The molecular formula is C18H26FN3O4. The van der Waals surface area contributed by atoms with Crippen LogP contribution in [-0.2, 0) is 14.2 Å². The van der Waals surface area contributed by atoms with E-state index in [0.717, 1.165) is 13.0 Å². The maximum Gasteiger partial charge on any atom is 0.414 e. The minimum atomic E-state index is -0.492. The molecule has 0 radical (unpaired) electrons. The molecule has 2 heterocycles. The molecule has 2 aliphatic rings. The molecule has 144 valence electrons. The van der Waals surface area contributed by atoms with E-state index in [2.05, 4.69) is 6.92 Å². The van der Waals surface area contributed by atoms with Crippen LogP contribution >= 0.6 is 0 Å². The summed E-state index contributed by atoms with van der Waals surface area (Å²) in [5, 5.41) is 0. The van der Waals surface area contributed by atoms with Gasteiger partial charge >= 0.3 is 6.09 Å². The van der Waals surface area contributed by atoms with Crippen LogP contribution in [0, 0.1) is 5.82 Å². The summed E-state index contributed by atoms with van der Waals surface area (Å²) >= 11 is 0. The van der Waals surface area contributed by atoms with Gasteiger partial charge in [-0.1, -0.05) is 6.92 Å². The molecule has 3 rings (SSSR count). The van der Waals surface area contributed by atoms with Gasteiger partial charge in [0.2, 0.25) is 0 Å². The number of ether oxygens (including phenoxy) is 3. The highest BCUT2D eigenvalue weighted by Gasteiger charge is 2.32. The third-order valence-corrected chi connectivity index (χ3v) is 4.54. The second kappa shape index (κ2) is 8.66. The first kappa shape index (κ1) is 18.9. The first-order valence-electron chi connectivity index (χ1n) is 9.08. The lowest BCUT2D eigenvalue weighted by molar-refractivity contribution is -0.0449. The summed E-state index contributed by atoms with van der Waals surface area (Å²) in [6.45, 7) is 5.21. The van der Waals surface area contributed by atoms with Crippen molar-refractivity contribution in [3.05, 3.63) is 24.0 Å². The van der Waals surface area contributed by atoms with Gasteiger partial charge in [-0.05, 0) is 24.6 Å². The van der Waals surface area contributed by atoms with E-state index in [9.17, 15) is 9.18 Å². The van der Waals surface area contributed by atoms with Gasteiger partial charge in [-0.15, -0.1) is 0 Å². The third-order valence-electron chi connectivity index (χ3n) is 4.54. The molecule has 2 N–H and O–H groups in total. The zero-order chi connectivity index (χ0) is 18.5. The number of anilines is 2. The zero-order valence-corrected chi connectivity index (χ0v) is 15.0. The summed E-state index contributed by atoms with van der Waals surface area (Å²) in [4.78, 5) is 15.3. The van der Waals surface area contributed by atoms with Gasteiger partial charge in [-0.3, -0.25) is 4.90 Å². The smallest absolute Gasteiger partial charge is 0.414 e. The summed E-state index contributed by atoms with van der Waals surface area (Å²) in [5.74, 6) is -0.367. The van der Waals surface area contributed by atoms with Gasteiger partial charge in [0.1, 0.15) is 11.9 Å². The lowest BCUT2D eigenvalue weighted by atomic mass is 10.2. The first-order valence-corrected chi connectivity index (χ1v) is 9.08. The van der Waals surface area contributed by atoms with Crippen LogP contribution in [-0.4, -0.2) is 57.9 Å². The van der Waals surface area contributed by atoms with E-state index in [4.69, 9.17) is 19.9 Å². The largest absolute Gasteiger partial charge is 0.443 e. The van der Waals surface area contributed by atoms with Crippen molar-refractivity contribution in [1.29, 1.82) is 0 Å². The highest BCUT2D eigenvalue weighted by molar-refractivity contribution is 5.90. The fourth-order valence-electron chi connectivity index (χ4n) is 3.23. The van der Waals surface area contributed by atoms with Crippen molar-refractivity contribution < 1.29 is 23.4 Å². The Hall–Kier alpha value is -1.90. The molecule has 0 bridgehead atoms. The fraction of sp³-hybridized carbons (Fsp3) is 0.611. The molecule has 7 nitrogen and oxygen atoms in total. The van der Waals surface area contributed by atoms with Gasteiger partial charge in [0.15, 0.2) is 6.29 Å². The van der Waals surface area contributed by atoms with E-state index in [1.165, 1.54) is 11.0 Å². The fourth-order valence-corrected chi connectivity index (χ4v) is 3.23. The quantitative estimate of drug-likeness (QED) is 0.758. The Morgan fingerprint density at radius 1 is 1.31 bits per heavy atom. The summed E-state index contributed by atoms with van der Waals surface area (Å²) in [6.07, 6.45) is 0.508. The van der Waals surface area contributed by atoms with Gasteiger partial charge in [0.05, 0.1) is 31.1 Å². The normalized spacial score (nSPS) is 20.7. The van der Waals surface area contributed by atoms with Crippen LogP contribution in [0.4, 0.5) is 20.6 Å². The Bertz CT molecular complexity index is 624. The molecule has 1 amide bonds. The molecule has 26 heavy (non-hydrogen) atoms. The Balaban J connectivity index is 1.70. The van der Waals surface area contributed by atoms with Crippen molar-refractivity contribution in [2.75, 3.05) is 49.2 Å². The number of cyclic esters (lactones) is 1. The average Bonchev–Trinajstić information content (AvgIpc) is 3.28. The van der Waals surface area contributed by atoms with Crippen LogP contribution in [0.15, 0.2) is 18.2 Å². The number of benzene rings is 1. The molecule has 2 fully saturated rings. The Kier molecular flexibility index (Phi) is 6.29. The first-order chi connectivity index (χ1) is 12.6. The Labute approximate surface area is 152 Å². The highest BCUT2D eigenvalue weighted by atomic mass is 19.1. The predicted molar refractivity (Wildman–Crippen MR) is 95.9 cm³/mol. The maximum atomic E-state index is 14.8. The predicted octanol–water partition coefficient (Wildman–Crippen LogP) is 2.09. The molecule has 0 aromatic heterocycles. The molecule has 1 unspecified atom stereocenters. The number of carbonyl (C=O) groups excluding carboxylic acids is 1. The molecule has 0 saturated carbocycles. The van der Waals surface area contributed by atoms with Crippen LogP contribution in [0.25, 0.3) is 0 Å². The number of halogens is 1. The molecule has 2 aliphatic heterocycles. The minimum absolute atomic E-state index is 0.218. The van der Waals surface area contributed by atoms with Crippen molar-refractivity contribution in [3.8, 4) is 0 Å². The second-order valence-electron chi connectivity index (χ2n) is 6.43. The third kappa shape index (κ3) is 4.25. The number of amides is 1. The number of carbonyl (C=O) groups is 1. The van der Waals surface area contributed by atoms with E-state index in [1.54, 1.807) is 12.1 Å². The minimum Gasteiger partial charge on any atom is -0.443 e. The van der Waals surface area contributed by atoms with E-state index in [0.29, 0.717) is 44.1 Å². The molecule has 1 aromatic rings. The summed E-state index contributed by atoms with van der Waals surface area (Å²) in [5.41, 5.74) is 6.53. The number of nitrogens with zero attached hydrogens (tertiary/aromatic N) is 2. The molecule has 0 aliphatic carbocycles. The maximum absolute atomic E-state index is 14.8. The number of rotatable bonds is 8. The monoisotopic (exact) mass is 367 g/mol. The van der Waals surface area contributed by atoms with Gasteiger partial charge in [-0.2, -0.15) is 0 Å². The second-order valence-corrected chi connectivity index (χ2v) is 6.43. The zero-order valence-electron chi connectivity index (χ0n) is 15.0. The average molecular weight is 367 g/mol. The molecule has 1 atom stereocenters. The molecular weight excluding hydrogens is 341 g/mol. The van der Waals surface area contributed by atoms with Crippen LogP contribution in [0.1, 0.15) is 19.8 Å². The van der Waals surface area contributed by atoms with E-state index < -0.39 is 6.09 Å². The van der Waals surface area contributed by atoms with Crippen LogP contribution < -0.4 is 15.5 Å². The van der Waals surface area contributed by atoms with Crippen molar-refractivity contribution in [2.45, 2.75) is 32.2 Å². The van der Waals surface area contributed by atoms with Crippen LogP contribution in [0.2, 0.25) is 0 Å². The summed E-state index contributed by atoms with van der Waals surface area (Å²) in [6, 6.07) is 4.82. The van der Waals surface area contributed by atoms with Gasteiger partial charge in [0, 0.05) is 26.1 Å².